The van der Waals surface area contributed by atoms with Gasteiger partial charge in [0.2, 0.25) is 0 Å². The molecule has 0 spiro atoms. The standard InChI is InChI=1S/C10H15.C9H13Si.2ClH.Zr/c1-7-6-10(4,5)9(3)8(7)2;1-10(7-4-8-10)9-5-2-3-6-9;;;/h1-5H3;2,5H,3-4,7-8H2,1H3;2*1H;/q;;;;+2/p-2. The Balaban J connectivity index is 0.00000132. The Morgan fingerprint density at radius 1 is 1.04 bits per heavy atom. The first-order chi connectivity index (χ1) is 9.77. The summed E-state index contributed by atoms with van der Waals surface area (Å²) in [6.07, 6.45) is 7.78. The second-order valence-electron chi connectivity index (χ2n) is 7.91. The van der Waals surface area contributed by atoms with Gasteiger partial charge < -0.3 is 24.8 Å². The average molecular weight is 447 g/mol. The van der Waals surface area contributed by atoms with Gasteiger partial charge in [-0.3, -0.25) is 0 Å². The van der Waals surface area contributed by atoms with Gasteiger partial charge in [-0.1, -0.05) is 0 Å². The van der Waals surface area contributed by atoms with Crippen LogP contribution >= 0.6 is 0 Å². The number of halogens is 2. The minimum atomic E-state index is -1.00. The van der Waals surface area contributed by atoms with Crippen molar-refractivity contribution in [1.29, 1.82) is 0 Å². The van der Waals surface area contributed by atoms with Crippen molar-refractivity contribution in [2.45, 2.75) is 66.1 Å². The van der Waals surface area contributed by atoms with Crippen LogP contribution in [0.2, 0.25) is 18.6 Å². The number of hydrogen-bond acceptors (Lipinski definition) is 0. The molecule has 0 aromatic carbocycles. The molecule has 0 radical (unpaired) electrons. The summed E-state index contributed by atoms with van der Waals surface area (Å²) >= 11 is -0.596. The van der Waals surface area contributed by atoms with Crippen LogP contribution in [-0.2, 0) is 23.2 Å². The maximum absolute atomic E-state index is 2.64. The fraction of sp³-hybridized carbons (Fsp3) is 0.579. The van der Waals surface area contributed by atoms with Gasteiger partial charge in [-0.15, -0.1) is 0 Å². The van der Waals surface area contributed by atoms with Gasteiger partial charge in [0.05, 0.1) is 0 Å². The Bertz CT molecular complexity index is 619. The molecule has 23 heavy (non-hydrogen) atoms. The fourth-order valence-electron chi connectivity index (χ4n) is 4.16. The van der Waals surface area contributed by atoms with E-state index < -0.39 is 31.3 Å². The van der Waals surface area contributed by atoms with E-state index in [2.05, 4.69) is 53.3 Å². The number of hydrogen-bond donors (Lipinski definition) is 0. The molecule has 0 aromatic heterocycles. The van der Waals surface area contributed by atoms with Gasteiger partial charge in [0.25, 0.3) is 0 Å². The SMILES string of the molecule is CC1=C(C)C(C)(C)[C]([Zr+2][C]2=C([Si]3(C)CCC3)C=CC2)=C1C.[Cl-].[Cl-]. The molecule has 0 amide bonds. The molecule has 1 saturated heterocycles. The van der Waals surface area contributed by atoms with E-state index >= 15 is 0 Å². The van der Waals surface area contributed by atoms with Gasteiger partial charge in [0.1, 0.15) is 0 Å². The second kappa shape index (κ2) is 7.48. The van der Waals surface area contributed by atoms with E-state index in [4.69, 9.17) is 0 Å². The molecule has 0 nitrogen and oxygen atoms in total. The Hall–Kier alpha value is 0.640. The minimum Gasteiger partial charge on any atom is -1.00 e. The molecule has 0 unspecified atom stereocenters. The van der Waals surface area contributed by atoms with E-state index in [0.29, 0.717) is 5.41 Å². The maximum atomic E-state index is 2.64. The molecule has 0 saturated carbocycles. The molecule has 3 aliphatic rings. The molecule has 0 aromatic rings. The summed E-state index contributed by atoms with van der Waals surface area (Å²) in [4.78, 5) is 0. The summed E-state index contributed by atoms with van der Waals surface area (Å²) in [5.41, 5.74) is 5.18. The summed E-state index contributed by atoms with van der Waals surface area (Å²) in [6, 6.07) is 3.10. The van der Waals surface area contributed by atoms with Crippen LogP contribution in [0.1, 0.15) is 47.5 Å². The molecule has 0 N–H and O–H groups in total. The molecule has 2 aliphatic carbocycles. The van der Waals surface area contributed by atoms with Gasteiger partial charge in [-0.25, -0.2) is 0 Å². The zero-order chi connectivity index (χ0) is 15.4. The van der Waals surface area contributed by atoms with Gasteiger partial charge in [-0.05, 0) is 0 Å². The molecule has 1 aliphatic heterocycles. The van der Waals surface area contributed by atoms with Crippen LogP contribution in [0, 0.1) is 5.41 Å². The van der Waals surface area contributed by atoms with E-state index in [-0.39, 0.29) is 24.8 Å². The zero-order valence-electron chi connectivity index (χ0n) is 15.2. The van der Waals surface area contributed by atoms with Crippen LogP contribution in [0.15, 0.2) is 40.6 Å². The molecule has 0 atom stereocenters. The van der Waals surface area contributed by atoms with E-state index in [9.17, 15) is 0 Å². The maximum Gasteiger partial charge on any atom is -1.00 e. The Morgan fingerprint density at radius 3 is 2.09 bits per heavy atom. The predicted molar refractivity (Wildman–Crippen MR) is 91.5 cm³/mol. The molecule has 1 heterocycles. The van der Waals surface area contributed by atoms with Crippen molar-refractivity contribution in [1.82, 2.24) is 0 Å². The fourth-order valence-corrected chi connectivity index (χ4v) is 14.0. The van der Waals surface area contributed by atoms with Gasteiger partial charge >= 0.3 is 143 Å². The first kappa shape index (κ1) is 21.7. The van der Waals surface area contributed by atoms with E-state index in [1.54, 1.807) is 28.8 Å². The molecule has 1 fully saturated rings. The number of rotatable bonds is 3. The normalized spacial score (nSPS) is 24.3. The summed E-state index contributed by atoms with van der Waals surface area (Å²) in [7, 11) is -1.00. The third kappa shape index (κ3) is 3.48. The minimum absolute atomic E-state index is 0. The van der Waals surface area contributed by atoms with E-state index in [0.717, 1.165) is 0 Å². The van der Waals surface area contributed by atoms with Crippen molar-refractivity contribution in [2.24, 2.45) is 5.41 Å². The Labute approximate surface area is 167 Å². The molecular formula is C19H28Cl2SiZr. The number of allylic oxidation sites excluding steroid dienone is 8. The first-order valence-electron chi connectivity index (χ1n) is 8.34. The molecule has 4 heteroatoms. The van der Waals surface area contributed by atoms with Gasteiger partial charge in [-0.2, -0.15) is 0 Å². The quantitative estimate of drug-likeness (QED) is 0.534. The van der Waals surface area contributed by atoms with Crippen LogP contribution in [0.5, 0.6) is 0 Å². The Kier molecular flexibility index (Phi) is 7.05. The first-order valence-corrected chi connectivity index (χ1v) is 13.7. The van der Waals surface area contributed by atoms with Crippen molar-refractivity contribution >= 4 is 8.07 Å². The molecular weight excluding hydrogens is 418 g/mol. The van der Waals surface area contributed by atoms with Crippen molar-refractivity contribution in [2.75, 3.05) is 0 Å². The third-order valence-corrected chi connectivity index (χ3v) is 16.7. The van der Waals surface area contributed by atoms with Crippen molar-refractivity contribution in [3.05, 3.63) is 40.6 Å². The molecule has 0 bridgehead atoms. The largest absolute Gasteiger partial charge is 1.00 e. The van der Waals surface area contributed by atoms with Gasteiger partial charge in [0, 0.05) is 0 Å². The topological polar surface area (TPSA) is 0 Å². The van der Waals surface area contributed by atoms with Crippen molar-refractivity contribution in [3.63, 3.8) is 0 Å². The van der Waals surface area contributed by atoms with E-state index in [1.807, 2.05) is 11.8 Å². The Morgan fingerprint density at radius 2 is 1.65 bits per heavy atom. The summed E-state index contributed by atoms with van der Waals surface area (Å²) in [6.45, 7) is 14.6. The van der Waals surface area contributed by atoms with Crippen LogP contribution in [0.4, 0.5) is 0 Å². The van der Waals surface area contributed by atoms with E-state index in [1.165, 1.54) is 12.8 Å². The second-order valence-corrected chi connectivity index (χ2v) is 15.9. The van der Waals surface area contributed by atoms with Gasteiger partial charge in [0.15, 0.2) is 0 Å². The van der Waals surface area contributed by atoms with Crippen LogP contribution in [-0.4, -0.2) is 8.07 Å². The summed E-state index contributed by atoms with van der Waals surface area (Å²) in [5, 5.41) is 1.89. The average Bonchev–Trinajstić information content (AvgIpc) is 2.92. The monoisotopic (exact) mass is 444 g/mol. The summed E-state index contributed by atoms with van der Waals surface area (Å²) < 4.78 is 3.78. The zero-order valence-corrected chi connectivity index (χ0v) is 20.2. The van der Waals surface area contributed by atoms with Crippen LogP contribution in [0.3, 0.4) is 0 Å². The molecule has 3 rings (SSSR count). The smallest absolute Gasteiger partial charge is 1.00 e. The van der Waals surface area contributed by atoms with Crippen LogP contribution in [0.25, 0.3) is 0 Å². The molecule has 126 valence electrons. The van der Waals surface area contributed by atoms with Crippen molar-refractivity contribution in [3.8, 4) is 0 Å². The predicted octanol–water partition coefficient (Wildman–Crippen LogP) is -0.0374. The van der Waals surface area contributed by atoms with Crippen LogP contribution < -0.4 is 24.8 Å². The third-order valence-electron chi connectivity index (χ3n) is 6.38. The van der Waals surface area contributed by atoms with Crippen molar-refractivity contribution < 1.29 is 48.0 Å². The summed E-state index contributed by atoms with van der Waals surface area (Å²) in [5.74, 6) is 0.